The van der Waals surface area contributed by atoms with Gasteiger partial charge in [-0.25, -0.2) is 0 Å². The maximum absolute atomic E-state index is 13.1. The first-order chi connectivity index (χ1) is 16.0. The summed E-state index contributed by atoms with van der Waals surface area (Å²) in [5, 5.41) is 12.6. The lowest BCUT2D eigenvalue weighted by atomic mass is 9.97. The van der Waals surface area contributed by atoms with Gasteiger partial charge in [0.25, 0.3) is 5.56 Å². The molecule has 4 rings (SSSR count). The Morgan fingerprint density at radius 2 is 1.79 bits per heavy atom. The molecule has 172 valence electrons. The minimum absolute atomic E-state index is 0.0728. The van der Waals surface area contributed by atoms with E-state index in [-0.39, 0.29) is 11.5 Å². The lowest BCUT2D eigenvalue weighted by Gasteiger charge is -2.17. The third-order valence-electron chi connectivity index (χ3n) is 5.94. The lowest BCUT2D eigenvalue weighted by molar-refractivity contribution is -0.115. The number of carbonyl (C=O) groups is 1. The molecule has 2 heterocycles. The minimum atomic E-state index is -0.410. The molecule has 1 N–H and O–H groups in total. The highest BCUT2D eigenvalue weighted by Crippen LogP contribution is 2.29. The Kier molecular flexibility index (Phi) is 6.83. The Morgan fingerprint density at radius 3 is 2.55 bits per heavy atom. The van der Waals surface area contributed by atoms with Crippen molar-refractivity contribution in [3.05, 3.63) is 64.4 Å². The summed E-state index contributed by atoms with van der Waals surface area (Å²) >= 11 is 1.34. The molecule has 0 aliphatic heterocycles. The summed E-state index contributed by atoms with van der Waals surface area (Å²) in [6, 6.07) is 15.4. The summed E-state index contributed by atoms with van der Waals surface area (Å²) in [5.41, 5.74) is 2.65. The van der Waals surface area contributed by atoms with Crippen LogP contribution in [0.3, 0.4) is 0 Å². The molecule has 0 aliphatic rings. The molecule has 4 aromatic rings. The quantitative estimate of drug-likeness (QED) is 0.368. The average Bonchev–Trinajstić information content (AvgIpc) is 3.25. The van der Waals surface area contributed by atoms with Gasteiger partial charge in [-0.1, -0.05) is 62.9 Å². The smallest absolute Gasteiger partial charge is 0.262 e. The molecule has 0 spiro atoms. The van der Waals surface area contributed by atoms with Gasteiger partial charge in [0.2, 0.25) is 11.7 Å². The third kappa shape index (κ3) is 4.39. The zero-order valence-corrected chi connectivity index (χ0v) is 20.2. The van der Waals surface area contributed by atoms with Gasteiger partial charge in [-0.15, -0.1) is 10.2 Å². The van der Waals surface area contributed by atoms with E-state index in [1.165, 1.54) is 11.8 Å². The van der Waals surface area contributed by atoms with Gasteiger partial charge in [-0.2, -0.15) is 0 Å². The van der Waals surface area contributed by atoms with Crippen molar-refractivity contribution >= 4 is 40.0 Å². The minimum Gasteiger partial charge on any atom is -0.325 e. The van der Waals surface area contributed by atoms with Crippen molar-refractivity contribution < 1.29 is 4.79 Å². The molecule has 0 saturated carbocycles. The predicted molar refractivity (Wildman–Crippen MR) is 134 cm³/mol. The van der Waals surface area contributed by atoms with E-state index in [2.05, 4.69) is 35.4 Å². The molecule has 2 unspecified atom stereocenters. The largest absolute Gasteiger partial charge is 0.325 e. The molecule has 7 nitrogen and oxygen atoms in total. The molecule has 33 heavy (non-hydrogen) atoms. The molecule has 8 heteroatoms. The highest BCUT2D eigenvalue weighted by atomic mass is 32.2. The van der Waals surface area contributed by atoms with Crippen LogP contribution in [0.4, 0.5) is 5.69 Å². The standard InChI is InChI=1S/C25H29N5O2S/c1-5-15-29-23(32)19-12-8-10-14-21(19)30-24(29)27-28-25(30)33-17(4)22(31)26-20-13-9-7-11-18(20)16(3)6-2/h7-14,16-17H,5-6,15H2,1-4H3,(H,26,31). The van der Waals surface area contributed by atoms with E-state index in [0.717, 1.165) is 29.6 Å². The molecule has 0 aliphatic carbocycles. The number of hydrogen-bond acceptors (Lipinski definition) is 5. The van der Waals surface area contributed by atoms with Crippen LogP contribution in [0.2, 0.25) is 0 Å². The summed E-state index contributed by atoms with van der Waals surface area (Å²) in [6.07, 6.45) is 1.80. The SMILES string of the molecule is CCCn1c(=O)c2ccccc2n2c(SC(C)C(=O)Nc3ccccc3C(C)CC)nnc12. The monoisotopic (exact) mass is 463 g/mol. The number of carbonyl (C=O) groups excluding carboxylic acids is 1. The Balaban J connectivity index is 1.67. The number of aryl methyl sites for hydroxylation is 1. The summed E-state index contributed by atoms with van der Waals surface area (Å²) < 4.78 is 3.54. The second-order valence-corrected chi connectivity index (χ2v) is 9.55. The lowest BCUT2D eigenvalue weighted by Crippen LogP contribution is -2.24. The van der Waals surface area contributed by atoms with Crippen molar-refractivity contribution in [2.24, 2.45) is 0 Å². The number of amides is 1. The van der Waals surface area contributed by atoms with Crippen molar-refractivity contribution in [1.29, 1.82) is 0 Å². The van der Waals surface area contributed by atoms with Crippen LogP contribution in [-0.4, -0.2) is 30.3 Å². The van der Waals surface area contributed by atoms with Crippen LogP contribution in [-0.2, 0) is 11.3 Å². The fourth-order valence-corrected chi connectivity index (χ4v) is 4.80. The number of thioether (sulfide) groups is 1. The molecule has 2 atom stereocenters. The number of aromatic nitrogens is 4. The van der Waals surface area contributed by atoms with Crippen molar-refractivity contribution in [3.8, 4) is 0 Å². The van der Waals surface area contributed by atoms with Gasteiger partial charge in [-0.3, -0.25) is 18.6 Å². The van der Waals surface area contributed by atoms with Gasteiger partial charge < -0.3 is 5.32 Å². The molecule has 0 bridgehead atoms. The summed E-state index contributed by atoms with van der Waals surface area (Å²) in [4.78, 5) is 26.1. The van der Waals surface area contributed by atoms with Gasteiger partial charge in [-0.05, 0) is 49.4 Å². The van der Waals surface area contributed by atoms with Crippen LogP contribution in [0.5, 0.6) is 0 Å². The average molecular weight is 464 g/mol. The normalized spacial score (nSPS) is 13.3. The molecule has 0 radical (unpaired) electrons. The molecular formula is C25H29N5O2S. The van der Waals surface area contributed by atoms with E-state index in [4.69, 9.17) is 0 Å². The maximum Gasteiger partial charge on any atom is 0.262 e. The maximum atomic E-state index is 13.1. The number of fused-ring (bicyclic) bond motifs is 3. The molecule has 2 aromatic heterocycles. The van der Waals surface area contributed by atoms with Gasteiger partial charge in [0.05, 0.1) is 16.2 Å². The van der Waals surface area contributed by atoms with E-state index in [1.54, 1.807) is 4.57 Å². The molecule has 0 fully saturated rings. The van der Waals surface area contributed by atoms with E-state index in [1.807, 2.05) is 60.7 Å². The van der Waals surface area contributed by atoms with E-state index >= 15 is 0 Å². The second-order valence-electron chi connectivity index (χ2n) is 8.24. The Labute approximate surface area is 197 Å². The van der Waals surface area contributed by atoms with Crippen LogP contribution < -0.4 is 10.9 Å². The van der Waals surface area contributed by atoms with Gasteiger partial charge in [0, 0.05) is 12.2 Å². The first kappa shape index (κ1) is 23.0. The summed E-state index contributed by atoms with van der Waals surface area (Å²) in [7, 11) is 0. The van der Waals surface area contributed by atoms with Crippen molar-refractivity contribution in [3.63, 3.8) is 0 Å². The van der Waals surface area contributed by atoms with Crippen LogP contribution in [0.25, 0.3) is 16.7 Å². The number of anilines is 1. The Morgan fingerprint density at radius 1 is 1.06 bits per heavy atom. The number of benzene rings is 2. The first-order valence-corrected chi connectivity index (χ1v) is 12.3. The number of nitrogens with zero attached hydrogens (tertiary/aromatic N) is 4. The zero-order chi connectivity index (χ0) is 23.5. The zero-order valence-electron chi connectivity index (χ0n) is 19.4. The number of nitrogens with one attached hydrogen (secondary N) is 1. The number of hydrogen-bond donors (Lipinski definition) is 1. The molecular weight excluding hydrogens is 434 g/mol. The van der Waals surface area contributed by atoms with E-state index in [9.17, 15) is 9.59 Å². The fraction of sp³-hybridized carbons (Fsp3) is 0.360. The van der Waals surface area contributed by atoms with Crippen LogP contribution in [0.1, 0.15) is 52.0 Å². The first-order valence-electron chi connectivity index (χ1n) is 11.4. The van der Waals surface area contributed by atoms with Crippen LogP contribution in [0.15, 0.2) is 58.5 Å². The number of rotatable bonds is 8. The van der Waals surface area contributed by atoms with Gasteiger partial charge >= 0.3 is 0 Å². The topological polar surface area (TPSA) is 81.3 Å². The highest BCUT2D eigenvalue weighted by Gasteiger charge is 2.22. The molecule has 1 amide bonds. The molecule has 2 aromatic carbocycles. The second kappa shape index (κ2) is 9.79. The Hall–Kier alpha value is -3.13. The summed E-state index contributed by atoms with van der Waals surface area (Å²) in [5.74, 6) is 0.753. The third-order valence-corrected chi connectivity index (χ3v) is 6.98. The van der Waals surface area contributed by atoms with E-state index in [0.29, 0.717) is 28.8 Å². The van der Waals surface area contributed by atoms with Crippen molar-refractivity contribution in [1.82, 2.24) is 19.2 Å². The van der Waals surface area contributed by atoms with Crippen LogP contribution in [0, 0.1) is 0 Å². The van der Waals surface area contributed by atoms with E-state index < -0.39 is 5.25 Å². The molecule has 0 saturated heterocycles. The predicted octanol–water partition coefficient (Wildman–Crippen LogP) is 5.09. The number of para-hydroxylation sites is 2. The van der Waals surface area contributed by atoms with Gasteiger partial charge in [0.15, 0.2) is 5.16 Å². The Bertz CT molecular complexity index is 1360. The van der Waals surface area contributed by atoms with Crippen molar-refractivity contribution in [2.45, 2.75) is 63.4 Å². The van der Waals surface area contributed by atoms with Crippen molar-refractivity contribution in [2.75, 3.05) is 5.32 Å². The highest BCUT2D eigenvalue weighted by molar-refractivity contribution is 8.00. The van der Waals surface area contributed by atoms with Gasteiger partial charge in [0.1, 0.15) is 0 Å². The summed E-state index contributed by atoms with van der Waals surface area (Å²) in [6.45, 7) is 8.73. The fourth-order valence-electron chi connectivity index (χ4n) is 3.94. The van der Waals surface area contributed by atoms with Crippen LogP contribution >= 0.6 is 11.8 Å².